The van der Waals surface area contributed by atoms with Crippen LogP contribution < -0.4 is 5.32 Å². The second kappa shape index (κ2) is 8.35. The summed E-state index contributed by atoms with van der Waals surface area (Å²) in [6.07, 6.45) is 0. The van der Waals surface area contributed by atoms with E-state index < -0.39 is 0 Å². The van der Waals surface area contributed by atoms with E-state index in [9.17, 15) is 9.59 Å². The van der Waals surface area contributed by atoms with Crippen molar-refractivity contribution in [3.05, 3.63) is 88.7 Å². The first-order chi connectivity index (χ1) is 13.8. The third-order valence-corrected chi connectivity index (χ3v) is 5.21. The zero-order chi connectivity index (χ0) is 21.1. The highest BCUT2D eigenvalue weighted by Crippen LogP contribution is 2.26. The molecule has 0 aliphatic carbocycles. The van der Waals surface area contributed by atoms with Crippen LogP contribution in [0.25, 0.3) is 0 Å². The Balaban J connectivity index is 1.92. The van der Waals surface area contributed by atoms with Crippen molar-refractivity contribution in [2.45, 2.75) is 26.8 Å². The van der Waals surface area contributed by atoms with Crippen molar-refractivity contribution >= 4 is 17.5 Å². The number of nitrogens with zero attached hydrogens (tertiary/aromatic N) is 2. The minimum atomic E-state index is -0.219. The van der Waals surface area contributed by atoms with Gasteiger partial charge >= 0.3 is 0 Å². The summed E-state index contributed by atoms with van der Waals surface area (Å²) < 4.78 is 2.17. The van der Waals surface area contributed by atoms with Gasteiger partial charge in [-0.3, -0.25) is 9.59 Å². The van der Waals surface area contributed by atoms with Crippen molar-refractivity contribution in [1.29, 1.82) is 0 Å². The fraction of sp³-hybridized carbons (Fsp3) is 0.250. The number of para-hydroxylation sites is 1. The second-order valence-corrected chi connectivity index (χ2v) is 7.44. The molecule has 0 saturated carbocycles. The molecule has 0 bridgehead atoms. The molecule has 1 unspecified atom stereocenters. The second-order valence-electron chi connectivity index (χ2n) is 7.44. The Bertz CT molecular complexity index is 1040. The molecular formula is C24H27N3O2. The summed E-state index contributed by atoms with van der Waals surface area (Å²) in [7, 11) is 3.39. The van der Waals surface area contributed by atoms with Crippen molar-refractivity contribution in [2.24, 2.45) is 0 Å². The van der Waals surface area contributed by atoms with Gasteiger partial charge in [-0.1, -0.05) is 42.5 Å². The highest BCUT2D eigenvalue weighted by Gasteiger charge is 2.21. The van der Waals surface area contributed by atoms with Gasteiger partial charge in [0.15, 0.2) is 0 Å². The van der Waals surface area contributed by atoms with Crippen LogP contribution in [0.5, 0.6) is 0 Å². The van der Waals surface area contributed by atoms with Crippen LogP contribution in [0.1, 0.15) is 50.6 Å². The van der Waals surface area contributed by atoms with Gasteiger partial charge < -0.3 is 14.8 Å². The lowest BCUT2D eigenvalue weighted by Crippen LogP contribution is -2.24. The van der Waals surface area contributed by atoms with Crippen molar-refractivity contribution in [1.82, 2.24) is 9.47 Å². The molecule has 1 aromatic heterocycles. The summed E-state index contributed by atoms with van der Waals surface area (Å²) in [6.45, 7) is 6.09. The molecule has 3 aromatic rings. The van der Waals surface area contributed by atoms with E-state index in [0.29, 0.717) is 16.8 Å². The average Bonchev–Trinajstić information content (AvgIpc) is 3.02. The Morgan fingerprint density at radius 1 is 0.931 bits per heavy atom. The summed E-state index contributed by atoms with van der Waals surface area (Å²) in [5.74, 6) is -0.368. The first-order valence-electron chi connectivity index (χ1n) is 9.66. The number of benzene rings is 2. The van der Waals surface area contributed by atoms with E-state index in [1.54, 1.807) is 32.3 Å². The van der Waals surface area contributed by atoms with E-state index in [1.807, 2.05) is 44.2 Å². The smallest absolute Gasteiger partial charge is 0.257 e. The number of hydrogen-bond acceptors (Lipinski definition) is 2. The quantitative estimate of drug-likeness (QED) is 0.689. The standard InChI is InChI=1S/C24H27N3O2/c1-16-15-21(18(3)27(16)17(2)19-11-7-6-8-12-19)23(28)25-22-14-10-9-13-20(22)24(29)26(4)5/h6-15,17H,1-5H3,(H,25,28). The number of aromatic nitrogens is 1. The Labute approximate surface area is 172 Å². The monoisotopic (exact) mass is 389 g/mol. The summed E-state index contributed by atoms with van der Waals surface area (Å²) in [4.78, 5) is 27.0. The minimum absolute atomic E-state index is 0.111. The van der Waals surface area contributed by atoms with Crippen LogP contribution in [0.4, 0.5) is 5.69 Å². The largest absolute Gasteiger partial charge is 0.345 e. The number of hydrogen-bond donors (Lipinski definition) is 1. The molecule has 0 saturated heterocycles. The van der Waals surface area contributed by atoms with Gasteiger partial charge in [-0.05, 0) is 44.5 Å². The molecule has 1 atom stereocenters. The highest BCUT2D eigenvalue weighted by molar-refractivity contribution is 6.09. The van der Waals surface area contributed by atoms with Gasteiger partial charge in [0, 0.05) is 25.5 Å². The van der Waals surface area contributed by atoms with Crippen LogP contribution in [-0.2, 0) is 0 Å². The van der Waals surface area contributed by atoms with Gasteiger partial charge in [0.2, 0.25) is 0 Å². The Morgan fingerprint density at radius 3 is 2.21 bits per heavy atom. The normalized spacial score (nSPS) is 11.8. The van der Waals surface area contributed by atoms with Crippen molar-refractivity contribution in [3.8, 4) is 0 Å². The Morgan fingerprint density at radius 2 is 1.55 bits per heavy atom. The average molecular weight is 389 g/mol. The summed E-state index contributed by atoms with van der Waals surface area (Å²) >= 11 is 0. The molecule has 2 amide bonds. The van der Waals surface area contributed by atoms with E-state index in [-0.39, 0.29) is 17.9 Å². The first-order valence-corrected chi connectivity index (χ1v) is 9.66. The molecule has 0 fully saturated rings. The number of nitrogens with one attached hydrogen (secondary N) is 1. The maximum absolute atomic E-state index is 13.1. The van der Waals surface area contributed by atoms with Crippen LogP contribution >= 0.6 is 0 Å². The van der Waals surface area contributed by atoms with Crippen molar-refractivity contribution in [2.75, 3.05) is 19.4 Å². The lowest BCUT2D eigenvalue weighted by molar-refractivity contribution is 0.0828. The number of carbonyl (C=O) groups excluding carboxylic acids is 2. The summed E-state index contributed by atoms with van der Waals surface area (Å²) in [5, 5.41) is 2.92. The maximum Gasteiger partial charge on any atom is 0.257 e. The molecule has 0 aliphatic heterocycles. The van der Waals surface area contributed by atoms with Crippen LogP contribution in [0.15, 0.2) is 60.7 Å². The highest BCUT2D eigenvalue weighted by atomic mass is 16.2. The predicted octanol–water partition coefficient (Wildman–Crippen LogP) is 4.67. The number of carbonyl (C=O) groups is 2. The van der Waals surface area contributed by atoms with Gasteiger partial charge in [-0.25, -0.2) is 0 Å². The molecule has 2 aromatic carbocycles. The van der Waals surface area contributed by atoms with E-state index >= 15 is 0 Å². The fourth-order valence-electron chi connectivity index (χ4n) is 3.69. The van der Waals surface area contributed by atoms with Crippen LogP contribution in [-0.4, -0.2) is 35.4 Å². The van der Waals surface area contributed by atoms with Crippen LogP contribution in [0, 0.1) is 13.8 Å². The van der Waals surface area contributed by atoms with Gasteiger partial charge in [0.05, 0.1) is 22.9 Å². The molecule has 150 valence electrons. The molecule has 0 spiro atoms. The molecule has 5 heteroatoms. The SMILES string of the molecule is Cc1cc(C(=O)Nc2ccccc2C(=O)N(C)C)c(C)n1C(C)c1ccccc1. The van der Waals surface area contributed by atoms with E-state index in [4.69, 9.17) is 0 Å². The fourth-order valence-corrected chi connectivity index (χ4v) is 3.69. The molecular weight excluding hydrogens is 362 g/mol. The predicted molar refractivity (Wildman–Crippen MR) is 117 cm³/mol. The third-order valence-electron chi connectivity index (χ3n) is 5.21. The first kappa shape index (κ1) is 20.4. The molecule has 1 heterocycles. The van der Waals surface area contributed by atoms with Crippen LogP contribution in [0.2, 0.25) is 0 Å². The Hall–Kier alpha value is -3.34. The number of anilines is 1. The van der Waals surface area contributed by atoms with Gasteiger partial charge in [-0.2, -0.15) is 0 Å². The number of rotatable bonds is 5. The number of aryl methyl sites for hydroxylation is 1. The van der Waals surface area contributed by atoms with E-state index in [0.717, 1.165) is 11.4 Å². The number of amides is 2. The molecule has 0 radical (unpaired) electrons. The summed E-state index contributed by atoms with van der Waals surface area (Å²) in [5.41, 5.74) is 4.68. The van der Waals surface area contributed by atoms with E-state index in [1.165, 1.54) is 10.5 Å². The van der Waals surface area contributed by atoms with Gasteiger partial charge in [0.1, 0.15) is 0 Å². The lowest BCUT2D eigenvalue weighted by Gasteiger charge is -2.19. The zero-order valence-electron chi connectivity index (χ0n) is 17.6. The molecule has 5 nitrogen and oxygen atoms in total. The topological polar surface area (TPSA) is 54.3 Å². The summed E-state index contributed by atoms with van der Waals surface area (Å²) in [6, 6.07) is 19.3. The van der Waals surface area contributed by atoms with Gasteiger partial charge in [0.25, 0.3) is 11.8 Å². The third kappa shape index (κ3) is 4.09. The molecule has 3 rings (SSSR count). The van der Waals surface area contributed by atoms with Crippen LogP contribution in [0.3, 0.4) is 0 Å². The van der Waals surface area contributed by atoms with Crippen molar-refractivity contribution in [3.63, 3.8) is 0 Å². The molecule has 0 aliphatic rings. The minimum Gasteiger partial charge on any atom is -0.345 e. The molecule has 29 heavy (non-hydrogen) atoms. The zero-order valence-corrected chi connectivity index (χ0v) is 17.6. The van der Waals surface area contributed by atoms with Gasteiger partial charge in [-0.15, -0.1) is 0 Å². The van der Waals surface area contributed by atoms with E-state index in [2.05, 4.69) is 28.9 Å². The molecule has 1 N–H and O–H groups in total. The lowest BCUT2D eigenvalue weighted by atomic mass is 10.1. The Kier molecular flexibility index (Phi) is 5.87. The van der Waals surface area contributed by atoms with Crippen molar-refractivity contribution < 1.29 is 9.59 Å². The maximum atomic E-state index is 13.1.